The summed E-state index contributed by atoms with van der Waals surface area (Å²) in [6, 6.07) is 6.42. The molecule has 6 rings (SSSR count). The number of benzene rings is 2. The lowest BCUT2D eigenvalue weighted by Gasteiger charge is -2.45. The normalized spacial score (nSPS) is 20.1. The highest BCUT2D eigenvalue weighted by Gasteiger charge is 2.38. The van der Waals surface area contributed by atoms with Crippen LogP contribution in [0.1, 0.15) is 40.7 Å². The molecule has 1 fully saturated rings. The number of aromatic hydroxyl groups is 1. The van der Waals surface area contributed by atoms with Crippen LogP contribution in [0.5, 0.6) is 11.5 Å². The molecule has 2 aliphatic heterocycles. The molecule has 1 saturated heterocycles. The van der Waals surface area contributed by atoms with Crippen molar-refractivity contribution in [3.8, 4) is 22.6 Å². The zero-order valence-corrected chi connectivity index (χ0v) is 25.9. The maximum absolute atomic E-state index is 15.2. The first-order valence-electron chi connectivity index (χ1n) is 14.5. The highest BCUT2D eigenvalue weighted by atomic mass is 35.5. The van der Waals surface area contributed by atoms with Crippen molar-refractivity contribution in [2.24, 2.45) is 0 Å². The number of halogens is 2. The highest BCUT2D eigenvalue weighted by molar-refractivity contribution is 6.35. The Morgan fingerprint density at radius 2 is 1.95 bits per heavy atom. The Morgan fingerprint density at radius 1 is 1.18 bits per heavy atom. The Kier molecular flexibility index (Phi) is 7.43. The Morgan fingerprint density at radius 3 is 2.64 bits per heavy atom. The fourth-order valence-electron chi connectivity index (χ4n) is 6.03. The van der Waals surface area contributed by atoms with Gasteiger partial charge >= 0.3 is 11.8 Å². The summed E-state index contributed by atoms with van der Waals surface area (Å²) in [4.78, 5) is 35.1. The summed E-state index contributed by atoms with van der Waals surface area (Å²) in [6.07, 6.45) is 3.03. The second kappa shape index (κ2) is 11.0. The summed E-state index contributed by atoms with van der Waals surface area (Å²) < 4.78 is 30.4. The summed E-state index contributed by atoms with van der Waals surface area (Å²) in [6.45, 7) is 10.4. The van der Waals surface area contributed by atoms with Crippen LogP contribution < -0.4 is 15.3 Å². The number of rotatable bonds is 4. The van der Waals surface area contributed by atoms with Crippen LogP contribution in [0.3, 0.4) is 0 Å². The third-order valence-electron chi connectivity index (χ3n) is 7.97. The molecule has 0 aliphatic carbocycles. The number of hydrogen-bond donors (Lipinski definition) is 1. The molecule has 3 atom stereocenters. The number of amides is 1. The number of aromatic nitrogens is 4. The average Bonchev–Trinajstić information content (AvgIpc) is 3.45. The largest absolute Gasteiger partial charge is 0.507 e. The third kappa shape index (κ3) is 5.21. The molecule has 2 aromatic carbocycles. The summed E-state index contributed by atoms with van der Waals surface area (Å²) >= 11 is 6.86. The Labute approximate surface area is 258 Å². The van der Waals surface area contributed by atoms with E-state index in [1.165, 1.54) is 18.2 Å². The van der Waals surface area contributed by atoms with Gasteiger partial charge in [-0.25, -0.2) is 14.0 Å². The lowest BCUT2D eigenvalue weighted by Crippen LogP contribution is -2.59. The van der Waals surface area contributed by atoms with Gasteiger partial charge in [-0.15, -0.1) is 0 Å². The fourth-order valence-corrected chi connectivity index (χ4v) is 6.32. The smallest absolute Gasteiger partial charge is 0.410 e. The summed E-state index contributed by atoms with van der Waals surface area (Å²) in [5.41, 5.74) is -0.745. The van der Waals surface area contributed by atoms with Crippen LogP contribution in [0.15, 0.2) is 47.5 Å². The third-order valence-corrected chi connectivity index (χ3v) is 8.26. The topological polar surface area (TPSA) is 115 Å². The van der Waals surface area contributed by atoms with Crippen molar-refractivity contribution in [2.45, 2.75) is 64.9 Å². The van der Waals surface area contributed by atoms with Gasteiger partial charge in [-0.3, -0.25) is 9.25 Å². The number of phenols is 1. The van der Waals surface area contributed by atoms with E-state index in [4.69, 9.17) is 21.1 Å². The van der Waals surface area contributed by atoms with Crippen LogP contribution in [-0.2, 0) is 11.3 Å². The molecule has 0 spiro atoms. The molecular weight excluding hydrogens is 591 g/mol. The minimum atomic E-state index is -0.686. The molecule has 13 heteroatoms. The molecular formula is C31H34ClFN6O5. The van der Waals surface area contributed by atoms with Crippen LogP contribution in [0, 0.1) is 5.82 Å². The van der Waals surface area contributed by atoms with Gasteiger partial charge in [0.05, 0.1) is 34.3 Å². The lowest BCUT2D eigenvalue weighted by molar-refractivity contribution is 0.0130. The van der Waals surface area contributed by atoms with E-state index in [9.17, 15) is 14.7 Å². The molecule has 232 valence electrons. The first-order valence-corrected chi connectivity index (χ1v) is 14.8. The molecule has 11 nitrogen and oxygen atoms in total. The van der Waals surface area contributed by atoms with Gasteiger partial charge in [-0.2, -0.15) is 10.1 Å². The minimum absolute atomic E-state index is 0.0629. The van der Waals surface area contributed by atoms with Crippen molar-refractivity contribution >= 4 is 34.4 Å². The van der Waals surface area contributed by atoms with E-state index in [0.29, 0.717) is 36.4 Å². The van der Waals surface area contributed by atoms with Gasteiger partial charge in [-0.1, -0.05) is 17.7 Å². The maximum atomic E-state index is 15.2. The van der Waals surface area contributed by atoms with Crippen molar-refractivity contribution in [2.75, 3.05) is 24.6 Å². The Hall–Kier alpha value is -4.32. The maximum Gasteiger partial charge on any atom is 0.410 e. The van der Waals surface area contributed by atoms with Crippen LogP contribution in [0.4, 0.5) is 15.0 Å². The van der Waals surface area contributed by atoms with Gasteiger partial charge in [0.2, 0.25) is 0 Å². The molecule has 4 heterocycles. The number of hydrogen-bond acceptors (Lipinski definition) is 8. The zero-order chi connectivity index (χ0) is 31.5. The van der Waals surface area contributed by atoms with Crippen LogP contribution in [-0.4, -0.2) is 72.8 Å². The Bertz CT molecular complexity index is 1780. The summed E-state index contributed by atoms with van der Waals surface area (Å²) in [5, 5.41) is 15.6. The van der Waals surface area contributed by atoms with Gasteiger partial charge in [0.15, 0.2) is 5.75 Å². The number of anilines is 1. The number of phenolic OH excluding ortho intramolecular Hbond substituents is 1. The predicted molar refractivity (Wildman–Crippen MR) is 164 cm³/mol. The molecule has 4 aromatic rings. The van der Waals surface area contributed by atoms with Crippen molar-refractivity contribution in [3.63, 3.8) is 0 Å². The van der Waals surface area contributed by atoms with Crippen molar-refractivity contribution < 1.29 is 23.8 Å². The summed E-state index contributed by atoms with van der Waals surface area (Å²) in [5.74, 6) is -0.444. The van der Waals surface area contributed by atoms with Crippen LogP contribution in [0.25, 0.3) is 22.0 Å². The predicted octanol–water partition coefficient (Wildman–Crippen LogP) is 5.23. The van der Waals surface area contributed by atoms with Crippen molar-refractivity contribution in [1.82, 2.24) is 24.2 Å². The molecule has 0 saturated carbocycles. The molecule has 0 bridgehead atoms. The first kappa shape index (κ1) is 29.7. The van der Waals surface area contributed by atoms with E-state index >= 15 is 4.39 Å². The summed E-state index contributed by atoms with van der Waals surface area (Å²) in [7, 11) is 0. The monoisotopic (exact) mass is 624 g/mol. The van der Waals surface area contributed by atoms with Crippen molar-refractivity contribution in [1.29, 1.82) is 0 Å². The number of carbonyl (C=O) groups excluding carboxylic acids is 1. The second-order valence-corrected chi connectivity index (χ2v) is 12.8. The van der Waals surface area contributed by atoms with Gasteiger partial charge in [0.1, 0.15) is 29.6 Å². The molecule has 2 unspecified atom stereocenters. The molecule has 0 radical (unpaired) electrons. The molecule has 1 amide bonds. The fraction of sp³-hybridized carbons (Fsp3) is 0.419. The number of carbonyl (C=O) groups is 1. The number of ether oxygens (including phenoxy) is 2. The quantitative estimate of drug-likeness (QED) is 0.328. The first-order chi connectivity index (χ1) is 20.8. The molecule has 44 heavy (non-hydrogen) atoms. The SMILES string of the molecule is CC1CN(c2nc(=O)n3c4c(c(-c5c(O)cccc5F)c(Cl)cc24)OC[C@H]3Cn2cccn2)C(C)CN1C(=O)OC(C)(C)C. The van der Waals surface area contributed by atoms with Crippen molar-refractivity contribution in [3.05, 3.63) is 64.0 Å². The van der Waals surface area contributed by atoms with Gasteiger partial charge in [-0.05, 0) is 58.9 Å². The van der Waals surface area contributed by atoms with E-state index in [-0.39, 0.29) is 46.3 Å². The van der Waals surface area contributed by atoms with Gasteiger partial charge < -0.3 is 24.4 Å². The number of piperazine rings is 1. The second-order valence-electron chi connectivity index (χ2n) is 12.4. The van der Waals surface area contributed by atoms with Crippen LogP contribution >= 0.6 is 11.6 Å². The molecule has 1 N–H and O–H groups in total. The van der Waals surface area contributed by atoms with E-state index < -0.39 is 29.2 Å². The standard InChI is InChI=1S/C31H34ClFN6O5/c1-17-14-38(30(42)44-31(3,4)5)18(2)13-37(17)28-20-12-21(32)24(25-22(33)8-6-9-23(25)40)27-26(20)39(29(41)35-28)19(16-43-27)15-36-11-7-10-34-36/h6-12,17-19,40H,13-16H2,1-5H3/t17?,18?,19-/m1/s1. The zero-order valence-electron chi connectivity index (χ0n) is 25.1. The Balaban J connectivity index is 1.52. The van der Waals surface area contributed by atoms with Gasteiger partial charge in [0, 0.05) is 43.0 Å². The van der Waals surface area contributed by atoms with Crippen LogP contribution in [0.2, 0.25) is 5.02 Å². The number of nitrogens with zero attached hydrogens (tertiary/aromatic N) is 6. The van der Waals surface area contributed by atoms with E-state index in [1.807, 2.05) is 39.5 Å². The van der Waals surface area contributed by atoms with E-state index in [2.05, 4.69) is 10.1 Å². The average molecular weight is 625 g/mol. The molecule has 2 aliphatic rings. The highest BCUT2D eigenvalue weighted by Crippen LogP contribution is 2.49. The van der Waals surface area contributed by atoms with Gasteiger partial charge in [0.25, 0.3) is 0 Å². The lowest BCUT2D eigenvalue weighted by atomic mass is 9.98. The molecule has 2 aromatic heterocycles. The van der Waals surface area contributed by atoms with E-state index in [0.717, 1.165) is 0 Å². The minimum Gasteiger partial charge on any atom is -0.507 e. The van der Waals surface area contributed by atoms with E-state index in [1.54, 1.807) is 38.7 Å².